The Bertz CT molecular complexity index is 544. The van der Waals surface area contributed by atoms with Gasteiger partial charge in [0.25, 0.3) is 5.91 Å². The second-order valence-electron chi connectivity index (χ2n) is 5.19. The van der Waals surface area contributed by atoms with Crippen molar-refractivity contribution in [3.8, 4) is 0 Å². The van der Waals surface area contributed by atoms with Gasteiger partial charge in [-0.25, -0.2) is 4.79 Å². The minimum Gasteiger partial charge on any atom is -0.480 e. The third-order valence-electron chi connectivity index (χ3n) is 3.32. The molecule has 0 aromatic carbocycles. The molecule has 0 radical (unpaired) electrons. The fraction of sp³-hybridized carbons (Fsp3) is 0.538. The number of carbonyl (C=O) groups excluding carboxylic acids is 1. The van der Waals surface area contributed by atoms with Crippen LogP contribution in [0.15, 0.2) is 16.7 Å². The molecule has 7 heteroatoms. The van der Waals surface area contributed by atoms with E-state index in [0.717, 1.165) is 4.47 Å². The quantitative estimate of drug-likeness (QED) is 0.898. The maximum atomic E-state index is 12.7. The van der Waals surface area contributed by atoms with Crippen LogP contribution in [0.4, 0.5) is 0 Å². The second-order valence-corrected chi connectivity index (χ2v) is 7.25. The van der Waals surface area contributed by atoms with Gasteiger partial charge in [0, 0.05) is 23.5 Å². The molecule has 0 spiro atoms. The number of carboxylic acid groups (broad SMARTS) is 1. The maximum absolute atomic E-state index is 12.7. The molecule has 0 saturated carbocycles. The molecule has 110 valence electrons. The highest BCUT2D eigenvalue weighted by atomic mass is 79.9. The third kappa shape index (κ3) is 2.74. The van der Waals surface area contributed by atoms with E-state index in [9.17, 15) is 14.7 Å². The van der Waals surface area contributed by atoms with Crippen molar-refractivity contribution in [1.29, 1.82) is 0 Å². The number of aryl methyl sites for hydroxylation is 1. The van der Waals surface area contributed by atoms with Gasteiger partial charge in [-0.1, -0.05) is 13.8 Å². The number of halogens is 1. The molecule has 1 amide bonds. The Hall–Kier alpha value is -0.950. The highest BCUT2D eigenvalue weighted by molar-refractivity contribution is 9.10. The molecule has 0 aliphatic carbocycles. The van der Waals surface area contributed by atoms with Crippen LogP contribution in [-0.4, -0.2) is 43.6 Å². The number of hydrogen-bond acceptors (Lipinski definition) is 3. The molecule has 1 aliphatic rings. The van der Waals surface area contributed by atoms with Crippen LogP contribution >= 0.6 is 27.7 Å². The van der Waals surface area contributed by atoms with E-state index in [1.807, 2.05) is 13.8 Å². The number of hydrogen-bond donors (Lipinski definition) is 1. The minimum absolute atomic E-state index is 0.0997. The number of carbonyl (C=O) groups is 2. The van der Waals surface area contributed by atoms with Crippen LogP contribution in [0.2, 0.25) is 0 Å². The van der Waals surface area contributed by atoms with Crippen molar-refractivity contribution in [1.82, 2.24) is 9.47 Å². The van der Waals surface area contributed by atoms with Crippen LogP contribution in [-0.2, 0) is 11.8 Å². The molecule has 0 bridgehead atoms. The van der Waals surface area contributed by atoms with Gasteiger partial charge in [-0.05, 0) is 27.9 Å². The Balaban J connectivity index is 2.37. The van der Waals surface area contributed by atoms with Gasteiger partial charge in [0.2, 0.25) is 0 Å². The fourth-order valence-electron chi connectivity index (χ4n) is 2.36. The summed E-state index contributed by atoms with van der Waals surface area (Å²) >= 11 is 4.87. The fourth-order valence-corrected chi connectivity index (χ4v) is 4.35. The second kappa shape index (κ2) is 5.81. The molecule has 2 heterocycles. The lowest BCUT2D eigenvalue weighted by Gasteiger charge is -2.29. The van der Waals surface area contributed by atoms with E-state index < -0.39 is 12.0 Å². The Kier molecular flexibility index (Phi) is 4.49. The molecule has 5 nitrogen and oxygen atoms in total. The van der Waals surface area contributed by atoms with Crippen molar-refractivity contribution < 1.29 is 14.7 Å². The Morgan fingerprint density at radius 1 is 1.50 bits per heavy atom. The zero-order chi connectivity index (χ0) is 15.0. The average Bonchev–Trinajstić information content (AvgIpc) is 2.91. The first-order valence-corrected chi connectivity index (χ1v) is 8.16. The van der Waals surface area contributed by atoms with Crippen LogP contribution < -0.4 is 0 Å². The summed E-state index contributed by atoms with van der Waals surface area (Å²) in [5, 5.41) is 9.23. The lowest BCUT2D eigenvalue weighted by molar-refractivity contribution is -0.141. The first kappa shape index (κ1) is 15.4. The molecule has 1 N–H and O–H groups in total. The smallest absolute Gasteiger partial charge is 0.327 e. The van der Waals surface area contributed by atoms with E-state index in [0.29, 0.717) is 11.4 Å². The van der Waals surface area contributed by atoms with Crippen molar-refractivity contribution >= 4 is 39.6 Å². The predicted molar refractivity (Wildman–Crippen MR) is 81.8 cm³/mol. The number of aromatic nitrogens is 1. The van der Waals surface area contributed by atoms with E-state index >= 15 is 0 Å². The van der Waals surface area contributed by atoms with Crippen LogP contribution in [0.1, 0.15) is 24.3 Å². The molecule has 1 aromatic heterocycles. The summed E-state index contributed by atoms with van der Waals surface area (Å²) in [6.45, 7) is 4.01. The molecule has 1 fully saturated rings. The Morgan fingerprint density at radius 2 is 2.15 bits per heavy atom. The van der Waals surface area contributed by atoms with Crippen molar-refractivity contribution in [2.24, 2.45) is 13.0 Å². The largest absolute Gasteiger partial charge is 0.480 e. The Labute approximate surface area is 130 Å². The molecule has 1 saturated heterocycles. The molecule has 20 heavy (non-hydrogen) atoms. The predicted octanol–water partition coefficient (Wildman–Crippen LogP) is 2.41. The zero-order valence-corrected chi connectivity index (χ0v) is 13.9. The molecule has 1 aromatic rings. The SMILES string of the molecule is CC(C)C1SCC(C(=O)O)N1C(=O)c1cc(Br)cn1C. The number of carboxylic acids is 1. The summed E-state index contributed by atoms with van der Waals surface area (Å²) in [7, 11) is 1.78. The van der Waals surface area contributed by atoms with E-state index in [-0.39, 0.29) is 17.2 Å². The highest BCUT2D eigenvalue weighted by Gasteiger charge is 2.43. The van der Waals surface area contributed by atoms with Gasteiger partial charge in [-0.3, -0.25) is 4.79 Å². The topological polar surface area (TPSA) is 62.5 Å². The lowest BCUT2D eigenvalue weighted by atomic mass is 10.1. The monoisotopic (exact) mass is 360 g/mol. The van der Waals surface area contributed by atoms with E-state index in [4.69, 9.17) is 0 Å². The van der Waals surface area contributed by atoms with Gasteiger partial charge >= 0.3 is 5.97 Å². The van der Waals surface area contributed by atoms with E-state index in [1.165, 1.54) is 16.7 Å². The lowest BCUT2D eigenvalue weighted by Crippen LogP contribution is -2.47. The molecular formula is C13H17BrN2O3S. The maximum Gasteiger partial charge on any atom is 0.327 e. The first-order chi connectivity index (χ1) is 9.32. The summed E-state index contributed by atoms with van der Waals surface area (Å²) in [5.74, 6) is -0.524. The van der Waals surface area contributed by atoms with Crippen LogP contribution in [0, 0.1) is 5.92 Å². The minimum atomic E-state index is -0.942. The molecule has 1 aliphatic heterocycles. The number of nitrogens with zero attached hydrogens (tertiary/aromatic N) is 2. The normalized spacial score (nSPS) is 22.6. The molecule has 2 rings (SSSR count). The number of aliphatic carboxylic acids is 1. The van der Waals surface area contributed by atoms with E-state index in [2.05, 4.69) is 15.9 Å². The molecule has 2 unspecified atom stereocenters. The summed E-state index contributed by atoms with van der Waals surface area (Å²) in [4.78, 5) is 25.6. The first-order valence-electron chi connectivity index (χ1n) is 6.32. The van der Waals surface area contributed by atoms with Crippen LogP contribution in [0.5, 0.6) is 0 Å². The van der Waals surface area contributed by atoms with Gasteiger partial charge < -0.3 is 14.6 Å². The summed E-state index contributed by atoms with van der Waals surface area (Å²) < 4.78 is 2.52. The van der Waals surface area contributed by atoms with E-state index in [1.54, 1.807) is 23.9 Å². The number of rotatable bonds is 3. The van der Waals surface area contributed by atoms with Gasteiger partial charge in [0.1, 0.15) is 11.7 Å². The van der Waals surface area contributed by atoms with Gasteiger partial charge in [0.05, 0.1) is 5.37 Å². The summed E-state index contributed by atoms with van der Waals surface area (Å²) in [5.41, 5.74) is 0.497. The average molecular weight is 361 g/mol. The highest BCUT2D eigenvalue weighted by Crippen LogP contribution is 2.35. The zero-order valence-electron chi connectivity index (χ0n) is 11.5. The van der Waals surface area contributed by atoms with Gasteiger partial charge in [-0.2, -0.15) is 0 Å². The number of amides is 1. The Morgan fingerprint density at radius 3 is 2.60 bits per heavy atom. The van der Waals surface area contributed by atoms with Gasteiger partial charge in [-0.15, -0.1) is 11.8 Å². The van der Waals surface area contributed by atoms with Crippen LogP contribution in [0.3, 0.4) is 0 Å². The third-order valence-corrected chi connectivity index (χ3v) is 5.37. The number of thioether (sulfide) groups is 1. The molecule has 2 atom stereocenters. The van der Waals surface area contributed by atoms with Crippen molar-refractivity contribution in [3.63, 3.8) is 0 Å². The van der Waals surface area contributed by atoms with Crippen molar-refractivity contribution in [2.75, 3.05) is 5.75 Å². The standard InChI is InChI=1S/C13H17BrN2O3S/c1-7(2)12-16(10(6-20-12)13(18)19)11(17)9-4-8(14)5-15(9)3/h4-5,7,10,12H,6H2,1-3H3,(H,18,19). The van der Waals surface area contributed by atoms with Crippen molar-refractivity contribution in [2.45, 2.75) is 25.3 Å². The summed E-state index contributed by atoms with van der Waals surface area (Å²) in [6.07, 6.45) is 1.79. The van der Waals surface area contributed by atoms with Crippen molar-refractivity contribution in [3.05, 3.63) is 22.4 Å². The van der Waals surface area contributed by atoms with Gasteiger partial charge in [0.15, 0.2) is 0 Å². The summed E-state index contributed by atoms with van der Waals surface area (Å²) in [6, 6.07) is 0.968. The molecular weight excluding hydrogens is 344 g/mol. The van der Waals surface area contributed by atoms with Crippen LogP contribution in [0.25, 0.3) is 0 Å².